The topological polar surface area (TPSA) is 66.9 Å². The molecule has 0 saturated carbocycles. The van der Waals surface area contributed by atoms with Crippen LogP contribution in [0.15, 0.2) is 23.1 Å². The highest BCUT2D eigenvalue weighted by molar-refractivity contribution is 7.89. The van der Waals surface area contributed by atoms with Crippen molar-refractivity contribution >= 4 is 15.9 Å². The number of piperazine rings is 1. The van der Waals surface area contributed by atoms with E-state index in [1.807, 2.05) is 20.8 Å². The summed E-state index contributed by atoms with van der Waals surface area (Å²) in [4.78, 5) is 13.8. The molecule has 24 heavy (non-hydrogen) atoms. The summed E-state index contributed by atoms with van der Waals surface area (Å²) < 4.78 is 45.1. The third-order valence-electron chi connectivity index (χ3n) is 3.93. The zero-order chi connectivity index (χ0) is 18.1. The molecule has 1 aliphatic heterocycles. The van der Waals surface area contributed by atoms with Gasteiger partial charge in [-0.05, 0) is 18.2 Å². The van der Waals surface area contributed by atoms with Gasteiger partial charge in [0.05, 0.1) is 12.0 Å². The Morgan fingerprint density at radius 1 is 1.17 bits per heavy atom. The maximum atomic E-state index is 13.8. The van der Waals surface area contributed by atoms with Crippen molar-refractivity contribution in [2.45, 2.75) is 25.7 Å². The molecular weight excluding hydrogens is 335 g/mol. The standard InChI is InChI=1S/C16H23FN2O4S/c1-16(2,3)15(20)18-7-9-19(10-8-18)24(21,22)12-5-6-14(23-4)13(17)11-12/h5-6,11H,7-10H2,1-4H3. The summed E-state index contributed by atoms with van der Waals surface area (Å²) in [6, 6.07) is 3.58. The molecule has 2 rings (SSSR count). The SMILES string of the molecule is COc1ccc(S(=O)(=O)N2CCN(C(=O)C(C)(C)C)CC2)cc1F. The molecule has 1 saturated heterocycles. The van der Waals surface area contributed by atoms with E-state index in [9.17, 15) is 17.6 Å². The summed E-state index contributed by atoms with van der Waals surface area (Å²) in [6.45, 7) is 6.54. The van der Waals surface area contributed by atoms with Gasteiger partial charge in [-0.2, -0.15) is 4.31 Å². The lowest BCUT2D eigenvalue weighted by atomic mass is 9.94. The fraction of sp³-hybridized carbons (Fsp3) is 0.562. The van der Waals surface area contributed by atoms with Gasteiger partial charge in [0.25, 0.3) is 0 Å². The van der Waals surface area contributed by atoms with Gasteiger partial charge >= 0.3 is 0 Å². The third kappa shape index (κ3) is 3.70. The lowest BCUT2D eigenvalue weighted by molar-refractivity contribution is -0.140. The minimum absolute atomic E-state index is 0.00459. The van der Waals surface area contributed by atoms with E-state index in [-0.39, 0.29) is 29.6 Å². The molecule has 0 N–H and O–H groups in total. The number of hydrogen-bond donors (Lipinski definition) is 0. The molecule has 0 aliphatic carbocycles. The van der Waals surface area contributed by atoms with Gasteiger partial charge in [-0.3, -0.25) is 4.79 Å². The maximum Gasteiger partial charge on any atom is 0.243 e. The Labute approximate surface area is 142 Å². The highest BCUT2D eigenvalue weighted by atomic mass is 32.2. The fourth-order valence-electron chi connectivity index (χ4n) is 2.56. The Kier molecular flexibility index (Phi) is 5.19. The van der Waals surface area contributed by atoms with Crippen LogP contribution in [0.25, 0.3) is 0 Å². The van der Waals surface area contributed by atoms with Crippen LogP contribution in [-0.2, 0) is 14.8 Å². The molecule has 8 heteroatoms. The number of ether oxygens (including phenoxy) is 1. The molecular formula is C16H23FN2O4S. The summed E-state index contributed by atoms with van der Waals surface area (Å²) in [5.41, 5.74) is -0.500. The fourth-order valence-corrected chi connectivity index (χ4v) is 4.00. The minimum Gasteiger partial charge on any atom is -0.494 e. The van der Waals surface area contributed by atoms with Crippen LogP contribution < -0.4 is 4.74 Å². The van der Waals surface area contributed by atoms with Crippen molar-refractivity contribution in [3.8, 4) is 5.75 Å². The van der Waals surface area contributed by atoms with Crippen LogP contribution in [0.4, 0.5) is 4.39 Å². The number of carbonyl (C=O) groups excluding carboxylic acids is 1. The quantitative estimate of drug-likeness (QED) is 0.825. The van der Waals surface area contributed by atoms with Crippen LogP contribution in [0.3, 0.4) is 0 Å². The number of sulfonamides is 1. The van der Waals surface area contributed by atoms with Crippen LogP contribution in [0, 0.1) is 11.2 Å². The molecule has 1 aliphatic rings. The molecule has 134 valence electrons. The zero-order valence-corrected chi connectivity index (χ0v) is 15.2. The molecule has 1 aromatic carbocycles. The molecule has 0 atom stereocenters. The van der Waals surface area contributed by atoms with Gasteiger partial charge in [0.2, 0.25) is 15.9 Å². The summed E-state index contributed by atoms with van der Waals surface area (Å²) in [5, 5.41) is 0. The van der Waals surface area contributed by atoms with E-state index in [0.29, 0.717) is 13.1 Å². The number of hydrogen-bond acceptors (Lipinski definition) is 4. The van der Waals surface area contributed by atoms with E-state index in [1.165, 1.54) is 23.5 Å². The zero-order valence-electron chi connectivity index (χ0n) is 14.4. The lowest BCUT2D eigenvalue weighted by Crippen LogP contribution is -2.52. The molecule has 0 radical (unpaired) electrons. The number of carbonyl (C=O) groups is 1. The second kappa shape index (κ2) is 6.68. The van der Waals surface area contributed by atoms with Crippen LogP contribution in [0.1, 0.15) is 20.8 Å². The van der Waals surface area contributed by atoms with Crippen molar-refractivity contribution < 1.29 is 22.3 Å². The average Bonchev–Trinajstić information content (AvgIpc) is 2.53. The van der Waals surface area contributed by atoms with E-state index >= 15 is 0 Å². The van der Waals surface area contributed by atoms with Crippen LogP contribution in [0.5, 0.6) is 5.75 Å². The van der Waals surface area contributed by atoms with Crippen LogP contribution >= 0.6 is 0 Å². The first-order valence-electron chi connectivity index (χ1n) is 7.70. The van der Waals surface area contributed by atoms with Gasteiger partial charge in [-0.1, -0.05) is 20.8 Å². The molecule has 0 unspecified atom stereocenters. The maximum absolute atomic E-state index is 13.8. The number of benzene rings is 1. The van der Waals surface area contributed by atoms with E-state index in [1.54, 1.807) is 4.90 Å². The number of rotatable bonds is 3. The number of amides is 1. The van der Waals surface area contributed by atoms with Crippen LogP contribution in [0.2, 0.25) is 0 Å². The molecule has 0 spiro atoms. The highest BCUT2D eigenvalue weighted by Crippen LogP contribution is 2.25. The van der Waals surface area contributed by atoms with Crippen molar-refractivity contribution in [1.82, 2.24) is 9.21 Å². The van der Waals surface area contributed by atoms with Gasteiger partial charge in [0, 0.05) is 31.6 Å². The Morgan fingerprint density at radius 3 is 2.21 bits per heavy atom. The van der Waals surface area contributed by atoms with E-state index in [4.69, 9.17) is 4.74 Å². The summed E-state index contributed by atoms with van der Waals surface area (Å²) in [6.07, 6.45) is 0. The van der Waals surface area contributed by atoms with Crippen molar-refractivity contribution in [3.05, 3.63) is 24.0 Å². The minimum atomic E-state index is -3.79. The average molecular weight is 358 g/mol. The normalized spacial score (nSPS) is 17.0. The molecule has 0 aromatic heterocycles. The van der Waals surface area contributed by atoms with Crippen molar-refractivity contribution in [2.24, 2.45) is 5.41 Å². The van der Waals surface area contributed by atoms with E-state index < -0.39 is 21.3 Å². The molecule has 1 heterocycles. The predicted octanol–water partition coefficient (Wildman–Crippen LogP) is 1.71. The van der Waals surface area contributed by atoms with Gasteiger partial charge in [0.15, 0.2) is 11.6 Å². The monoisotopic (exact) mass is 358 g/mol. The number of nitrogens with zero attached hydrogens (tertiary/aromatic N) is 2. The van der Waals surface area contributed by atoms with Gasteiger partial charge in [-0.15, -0.1) is 0 Å². The Hall–Kier alpha value is -1.67. The smallest absolute Gasteiger partial charge is 0.243 e. The second-order valence-corrected chi connectivity index (χ2v) is 8.68. The van der Waals surface area contributed by atoms with Crippen molar-refractivity contribution in [3.63, 3.8) is 0 Å². The van der Waals surface area contributed by atoms with Crippen molar-refractivity contribution in [2.75, 3.05) is 33.3 Å². The lowest BCUT2D eigenvalue weighted by Gasteiger charge is -2.37. The first-order chi connectivity index (χ1) is 11.1. The Morgan fingerprint density at radius 2 is 1.75 bits per heavy atom. The highest BCUT2D eigenvalue weighted by Gasteiger charge is 2.34. The first-order valence-corrected chi connectivity index (χ1v) is 9.14. The number of halogens is 1. The number of methoxy groups -OCH3 is 1. The largest absolute Gasteiger partial charge is 0.494 e. The van der Waals surface area contributed by atoms with E-state index in [2.05, 4.69) is 0 Å². The Balaban J connectivity index is 2.13. The molecule has 1 fully saturated rings. The van der Waals surface area contributed by atoms with Gasteiger partial charge < -0.3 is 9.64 Å². The molecule has 1 amide bonds. The van der Waals surface area contributed by atoms with Crippen molar-refractivity contribution in [1.29, 1.82) is 0 Å². The Bertz CT molecular complexity index is 720. The van der Waals surface area contributed by atoms with E-state index in [0.717, 1.165) is 6.07 Å². The van der Waals surface area contributed by atoms with Crippen LogP contribution in [-0.4, -0.2) is 56.8 Å². The first kappa shape index (κ1) is 18.7. The molecule has 0 bridgehead atoms. The molecule has 1 aromatic rings. The second-order valence-electron chi connectivity index (χ2n) is 6.74. The molecule has 6 nitrogen and oxygen atoms in total. The predicted molar refractivity (Wildman–Crippen MR) is 87.7 cm³/mol. The van der Waals surface area contributed by atoms with Gasteiger partial charge in [-0.25, -0.2) is 12.8 Å². The summed E-state index contributed by atoms with van der Waals surface area (Å²) in [5.74, 6) is -0.732. The summed E-state index contributed by atoms with van der Waals surface area (Å²) >= 11 is 0. The van der Waals surface area contributed by atoms with Gasteiger partial charge in [0.1, 0.15) is 0 Å². The third-order valence-corrected chi connectivity index (χ3v) is 5.82. The summed E-state index contributed by atoms with van der Waals surface area (Å²) in [7, 11) is -2.48.